The molecule has 0 aliphatic heterocycles. The average Bonchev–Trinajstić information content (AvgIpc) is 3.60. The molecule has 13 heteroatoms. The van der Waals surface area contributed by atoms with E-state index in [0.29, 0.717) is 17.4 Å². The first-order valence-electron chi connectivity index (χ1n) is 22.6. The normalized spacial score (nSPS) is 13.5. The summed E-state index contributed by atoms with van der Waals surface area (Å²) in [6, 6.07) is 0. The van der Waals surface area contributed by atoms with Gasteiger partial charge >= 0.3 is 11.9 Å². The molecular formula is C43H83N4O8P. The van der Waals surface area contributed by atoms with Crippen LogP contribution in [0, 0.1) is 0 Å². The van der Waals surface area contributed by atoms with Crippen LogP contribution < -0.4 is 4.89 Å². The molecule has 0 N–H and O–H groups in total. The summed E-state index contributed by atoms with van der Waals surface area (Å²) >= 11 is 0. The van der Waals surface area contributed by atoms with Crippen molar-refractivity contribution in [3.8, 4) is 0 Å². The third kappa shape index (κ3) is 33.2. The van der Waals surface area contributed by atoms with Crippen molar-refractivity contribution in [1.29, 1.82) is 0 Å². The first-order valence-corrected chi connectivity index (χ1v) is 24.0. The summed E-state index contributed by atoms with van der Waals surface area (Å²) in [5, 5.41) is 8.61. The van der Waals surface area contributed by atoms with Gasteiger partial charge in [0.05, 0.1) is 33.4 Å². The van der Waals surface area contributed by atoms with Crippen LogP contribution in [-0.2, 0) is 45.6 Å². The van der Waals surface area contributed by atoms with Crippen LogP contribution in [0.25, 0.3) is 0 Å². The molecule has 0 aliphatic carbocycles. The van der Waals surface area contributed by atoms with E-state index in [2.05, 4.69) is 30.4 Å². The van der Waals surface area contributed by atoms with Crippen molar-refractivity contribution in [2.45, 2.75) is 206 Å². The van der Waals surface area contributed by atoms with Crippen molar-refractivity contribution < 1.29 is 42.1 Å². The molecule has 0 spiro atoms. The maximum Gasteiger partial charge on any atom is 0.306 e. The lowest BCUT2D eigenvalue weighted by molar-refractivity contribution is -0.870. The number of nitrogens with zero attached hydrogens (tertiary/aromatic N) is 4. The Hall–Kier alpha value is -1.85. The number of likely N-dealkylation sites (N-methyl/N-ethyl adjacent to an activating group) is 1. The SMILES string of the molecule is CCCCCCCCCCCCCCCC(=O)OC[C@H](COP(=O)([O-])OCC[N+](C)(C)C)OC(=O)CCCCCCCCc1cn(CCCCCCCC)nn1. The van der Waals surface area contributed by atoms with Gasteiger partial charge in [-0.3, -0.25) is 18.8 Å². The zero-order chi connectivity index (χ0) is 41.2. The predicted octanol–water partition coefficient (Wildman–Crippen LogP) is 10.1. The van der Waals surface area contributed by atoms with E-state index < -0.39 is 32.5 Å². The highest BCUT2D eigenvalue weighted by molar-refractivity contribution is 7.45. The van der Waals surface area contributed by atoms with Crippen molar-refractivity contribution in [3.63, 3.8) is 0 Å². The second-order valence-electron chi connectivity index (χ2n) is 16.7. The summed E-state index contributed by atoms with van der Waals surface area (Å²) < 4.78 is 35.9. The Balaban J connectivity index is 2.32. The van der Waals surface area contributed by atoms with Gasteiger partial charge in [-0.1, -0.05) is 154 Å². The van der Waals surface area contributed by atoms with Crippen LogP contribution in [0.3, 0.4) is 0 Å². The molecule has 0 aliphatic rings. The fourth-order valence-corrected chi connectivity index (χ4v) is 7.17. The molecule has 0 radical (unpaired) electrons. The Bertz CT molecular complexity index is 1150. The Morgan fingerprint density at radius 2 is 1.16 bits per heavy atom. The molecule has 328 valence electrons. The van der Waals surface area contributed by atoms with Crippen molar-refractivity contribution in [2.24, 2.45) is 0 Å². The molecule has 1 rings (SSSR count). The van der Waals surface area contributed by atoms with Gasteiger partial charge in [0.2, 0.25) is 0 Å². The number of carbonyl (C=O) groups is 2. The van der Waals surface area contributed by atoms with Crippen LogP contribution >= 0.6 is 7.82 Å². The predicted molar refractivity (Wildman–Crippen MR) is 223 cm³/mol. The number of ether oxygens (including phenoxy) is 2. The number of unbranched alkanes of at least 4 members (excludes halogenated alkanes) is 22. The van der Waals surface area contributed by atoms with Gasteiger partial charge in [0.25, 0.3) is 7.82 Å². The number of rotatable bonds is 40. The molecule has 1 unspecified atom stereocenters. The number of aryl methyl sites for hydroxylation is 2. The van der Waals surface area contributed by atoms with E-state index in [1.807, 2.05) is 25.8 Å². The van der Waals surface area contributed by atoms with E-state index in [4.69, 9.17) is 18.5 Å². The molecule has 1 aromatic rings. The summed E-state index contributed by atoms with van der Waals surface area (Å²) in [4.78, 5) is 37.6. The van der Waals surface area contributed by atoms with Gasteiger partial charge in [0.1, 0.15) is 19.8 Å². The minimum atomic E-state index is -4.64. The number of aromatic nitrogens is 3. The summed E-state index contributed by atoms with van der Waals surface area (Å²) in [6.07, 6.45) is 31.6. The summed E-state index contributed by atoms with van der Waals surface area (Å²) in [7, 11) is 1.14. The zero-order valence-corrected chi connectivity index (χ0v) is 37.4. The third-order valence-electron chi connectivity index (χ3n) is 10.0. The first kappa shape index (κ1) is 52.2. The average molecular weight is 815 g/mol. The molecule has 56 heavy (non-hydrogen) atoms. The lowest BCUT2D eigenvalue weighted by atomic mass is 10.0. The smallest absolute Gasteiger partial charge is 0.306 e. The molecular weight excluding hydrogens is 731 g/mol. The lowest BCUT2D eigenvalue weighted by Gasteiger charge is -2.28. The van der Waals surface area contributed by atoms with Gasteiger partial charge in [-0.15, -0.1) is 5.10 Å². The minimum Gasteiger partial charge on any atom is -0.756 e. The highest BCUT2D eigenvalue weighted by Gasteiger charge is 2.21. The van der Waals surface area contributed by atoms with Crippen LogP contribution in [0.15, 0.2) is 6.20 Å². The van der Waals surface area contributed by atoms with E-state index in [9.17, 15) is 19.0 Å². The van der Waals surface area contributed by atoms with Crippen LogP contribution in [0.4, 0.5) is 0 Å². The number of hydrogen-bond acceptors (Lipinski definition) is 10. The van der Waals surface area contributed by atoms with E-state index in [1.54, 1.807) is 0 Å². The molecule has 0 saturated carbocycles. The first-order chi connectivity index (χ1) is 26.9. The standard InChI is InChI=1S/C43H83N4O8P/c1-6-8-10-12-14-15-16-17-18-19-20-24-28-32-42(48)52-38-41(39-54-56(50,51)53-36-35-47(3,4)5)55-43(49)33-29-25-22-21-23-27-31-40-37-46(45-44-40)34-30-26-13-11-9-7-2/h37,41H,6-36,38-39H2,1-5H3/t41-/m1/s1. The van der Waals surface area contributed by atoms with E-state index in [0.717, 1.165) is 76.4 Å². The number of esters is 2. The van der Waals surface area contributed by atoms with Crippen molar-refractivity contribution >= 4 is 19.8 Å². The molecule has 12 nitrogen and oxygen atoms in total. The van der Waals surface area contributed by atoms with E-state index in [1.165, 1.54) is 96.3 Å². The van der Waals surface area contributed by atoms with E-state index >= 15 is 0 Å². The lowest BCUT2D eigenvalue weighted by Crippen LogP contribution is -2.37. The highest BCUT2D eigenvalue weighted by Crippen LogP contribution is 2.38. The van der Waals surface area contributed by atoms with Gasteiger partial charge < -0.3 is 27.9 Å². The quantitative estimate of drug-likeness (QED) is 0.0272. The molecule has 0 aromatic carbocycles. The number of hydrogen-bond donors (Lipinski definition) is 0. The van der Waals surface area contributed by atoms with Crippen LogP contribution in [0.1, 0.15) is 193 Å². The van der Waals surface area contributed by atoms with Crippen LogP contribution in [0.5, 0.6) is 0 Å². The zero-order valence-electron chi connectivity index (χ0n) is 36.5. The molecule has 2 atom stereocenters. The van der Waals surface area contributed by atoms with Gasteiger partial charge in [-0.25, -0.2) is 0 Å². The van der Waals surface area contributed by atoms with Crippen LogP contribution in [0.2, 0.25) is 0 Å². The van der Waals surface area contributed by atoms with Crippen molar-refractivity contribution in [3.05, 3.63) is 11.9 Å². The second kappa shape index (κ2) is 34.1. The van der Waals surface area contributed by atoms with E-state index in [-0.39, 0.29) is 26.1 Å². The summed E-state index contributed by atoms with van der Waals surface area (Å²) in [5.41, 5.74) is 1.05. The van der Waals surface area contributed by atoms with Gasteiger partial charge in [-0.2, -0.15) is 0 Å². The number of phosphoric ester groups is 1. The van der Waals surface area contributed by atoms with Gasteiger partial charge in [-0.05, 0) is 32.1 Å². The number of carbonyl (C=O) groups excluding carboxylic acids is 2. The molecule has 0 fully saturated rings. The van der Waals surface area contributed by atoms with Gasteiger partial charge in [0, 0.05) is 25.6 Å². The number of phosphoric acid groups is 1. The second-order valence-corrected chi connectivity index (χ2v) is 18.2. The molecule has 0 amide bonds. The monoisotopic (exact) mass is 815 g/mol. The summed E-state index contributed by atoms with van der Waals surface area (Å²) in [5.74, 6) is -0.863. The maximum atomic E-state index is 12.7. The fraction of sp³-hybridized carbons (Fsp3) is 0.907. The Kier molecular flexibility index (Phi) is 31.7. The largest absolute Gasteiger partial charge is 0.756 e. The topological polar surface area (TPSA) is 142 Å². The third-order valence-corrected chi connectivity index (χ3v) is 11.0. The number of quaternary nitrogens is 1. The Morgan fingerprint density at radius 3 is 1.70 bits per heavy atom. The van der Waals surface area contributed by atoms with Crippen LogP contribution in [-0.4, -0.2) is 85.0 Å². The molecule has 1 heterocycles. The molecule has 0 bridgehead atoms. The maximum absolute atomic E-state index is 12.7. The highest BCUT2D eigenvalue weighted by atomic mass is 31.2. The van der Waals surface area contributed by atoms with Crippen molar-refractivity contribution in [1.82, 2.24) is 15.0 Å². The Labute approximate surface area is 341 Å². The molecule has 0 saturated heterocycles. The minimum absolute atomic E-state index is 0.0379. The Morgan fingerprint density at radius 1 is 0.679 bits per heavy atom. The molecule has 1 aromatic heterocycles. The summed E-state index contributed by atoms with van der Waals surface area (Å²) in [6.45, 7) is 5.10. The van der Waals surface area contributed by atoms with Crippen molar-refractivity contribution in [2.75, 3.05) is 47.5 Å². The fourth-order valence-electron chi connectivity index (χ4n) is 6.44. The van der Waals surface area contributed by atoms with Gasteiger partial charge in [0.15, 0.2) is 6.10 Å².